The molecule has 0 spiro atoms. The fraction of sp³-hybridized carbons (Fsp3) is 0.571. The van der Waals surface area contributed by atoms with Crippen molar-refractivity contribution in [1.29, 1.82) is 0 Å². The maximum Gasteiger partial charge on any atom is 0.128 e. The zero-order valence-corrected chi connectivity index (χ0v) is 12.8. The average Bonchev–Trinajstić information content (AvgIpc) is 2.20. The largest absolute Gasteiger partial charge is 0.492 e. The average molecular weight is 318 g/mol. The van der Waals surface area contributed by atoms with Crippen LogP contribution in [0.25, 0.3) is 0 Å². The number of ether oxygens (including phenoxy) is 1. The minimum absolute atomic E-state index is 0.292. The van der Waals surface area contributed by atoms with Gasteiger partial charge in [-0.05, 0) is 30.5 Å². The number of rotatable bonds is 6. The van der Waals surface area contributed by atoms with Gasteiger partial charge in [-0.3, -0.25) is 0 Å². The van der Waals surface area contributed by atoms with Crippen molar-refractivity contribution >= 4 is 15.9 Å². The van der Waals surface area contributed by atoms with Crippen molar-refractivity contribution in [3.63, 3.8) is 0 Å². The second kappa shape index (κ2) is 7.10. The van der Waals surface area contributed by atoms with E-state index in [0.29, 0.717) is 22.2 Å². The predicted molar refractivity (Wildman–Crippen MR) is 76.5 cm³/mol. The molecule has 0 atom stereocenters. The fourth-order valence-electron chi connectivity index (χ4n) is 1.44. The van der Waals surface area contributed by atoms with Crippen molar-refractivity contribution in [2.45, 2.75) is 27.2 Å². The summed E-state index contributed by atoms with van der Waals surface area (Å²) in [5.74, 6) is 0.263. The van der Waals surface area contributed by atoms with E-state index in [1.54, 1.807) is 6.07 Å². The molecule has 1 rings (SSSR count). The van der Waals surface area contributed by atoms with Crippen LogP contribution in [0.5, 0.6) is 5.75 Å². The van der Waals surface area contributed by atoms with Crippen molar-refractivity contribution in [1.82, 2.24) is 5.32 Å². The monoisotopic (exact) mass is 317 g/mol. The lowest BCUT2D eigenvalue weighted by atomic mass is 9.92. The lowest BCUT2D eigenvalue weighted by molar-refractivity contribution is 0.302. The summed E-state index contributed by atoms with van der Waals surface area (Å²) in [6.45, 7) is 8.93. The molecule has 18 heavy (non-hydrogen) atoms. The molecule has 0 aliphatic carbocycles. The second-order valence-corrected chi connectivity index (χ2v) is 6.43. The normalized spacial score (nSPS) is 11.6. The van der Waals surface area contributed by atoms with Crippen LogP contribution in [0.1, 0.15) is 27.2 Å². The van der Waals surface area contributed by atoms with Crippen LogP contribution < -0.4 is 10.1 Å². The molecule has 0 aromatic heterocycles. The molecular weight excluding hydrogens is 297 g/mol. The molecule has 1 aromatic rings. The molecule has 4 heteroatoms. The third-order valence-electron chi connectivity index (χ3n) is 2.44. The lowest BCUT2D eigenvalue weighted by Gasteiger charge is -2.18. The summed E-state index contributed by atoms with van der Waals surface area (Å²) >= 11 is 3.23. The Hall–Kier alpha value is -0.610. The van der Waals surface area contributed by atoms with Crippen LogP contribution in [-0.2, 0) is 0 Å². The number of halogens is 2. The van der Waals surface area contributed by atoms with E-state index in [2.05, 4.69) is 42.0 Å². The van der Waals surface area contributed by atoms with Crippen LogP contribution in [0, 0.1) is 11.2 Å². The van der Waals surface area contributed by atoms with Crippen LogP contribution in [-0.4, -0.2) is 19.7 Å². The summed E-state index contributed by atoms with van der Waals surface area (Å²) in [6.07, 6.45) is 1.12. The van der Waals surface area contributed by atoms with Gasteiger partial charge in [0.25, 0.3) is 0 Å². The number of hydrogen-bond donors (Lipinski definition) is 1. The number of nitrogens with one attached hydrogen (secondary N) is 1. The first-order chi connectivity index (χ1) is 8.37. The van der Waals surface area contributed by atoms with Gasteiger partial charge in [-0.2, -0.15) is 0 Å². The van der Waals surface area contributed by atoms with Crippen molar-refractivity contribution in [3.8, 4) is 5.75 Å². The Labute approximate surface area is 117 Å². The molecule has 0 bridgehead atoms. The van der Waals surface area contributed by atoms with Crippen LogP contribution in [0.4, 0.5) is 4.39 Å². The molecule has 0 unspecified atom stereocenters. The first-order valence-electron chi connectivity index (χ1n) is 6.16. The first kappa shape index (κ1) is 15.4. The zero-order valence-electron chi connectivity index (χ0n) is 11.2. The Morgan fingerprint density at radius 1 is 1.22 bits per heavy atom. The smallest absolute Gasteiger partial charge is 0.128 e. The van der Waals surface area contributed by atoms with E-state index in [1.807, 2.05) is 0 Å². The molecule has 0 saturated heterocycles. The van der Waals surface area contributed by atoms with Crippen molar-refractivity contribution in [2.75, 3.05) is 19.7 Å². The molecular formula is C14H21BrFNO. The Morgan fingerprint density at radius 2 is 1.94 bits per heavy atom. The highest BCUT2D eigenvalue weighted by Crippen LogP contribution is 2.20. The van der Waals surface area contributed by atoms with E-state index in [0.717, 1.165) is 19.5 Å². The summed E-state index contributed by atoms with van der Waals surface area (Å²) in [5.41, 5.74) is 0.348. The van der Waals surface area contributed by atoms with Gasteiger partial charge >= 0.3 is 0 Å². The van der Waals surface area contributed by atoms with Gasteiger partial charge in [0.1, 0.15) is 18.2 Å². The third-order valence-corrected chi connectivity index (χ3v) is 2.89. The predicted octanol–water partition coefficient (Wildman–Crippen LogP) is 3.99. The highest BCUT2D eigenvalue weighted by Gasteiger charge is 2.08. The standard InChI is InChI=1S/C14H21BrFNO/c1-14(2,3)4-5-17-6-7-18-13-9-11(15)8-12(16)10-13/h8-10,17H,4-7H2,1-3H3. The highest BCUT2D eigenvalue weighted by molar-refractivity contribution is 9.10. The van der Waals surface area contributed by atoms with Crippen LogP contribution in [0.15, 0.2) is 22.7 Å². The molecule has 0 heterocycles. The van der Waals surface area contributed by atoms with Gasteiger partial charge < -0.3 is 10.1 Å². The van der Waals surface area contributed by atoms with E-state index >= 15 is 0 Å². The number of benzene rings is 1. The lowest BCUT2D eigenvalue weighted by Crippen LogP contribution is -2.25. The molecule has 0 aliphatic heterocycles. The van der Waals surface area contributed by atoms with E-state index < -0.39 is 0 Å². The Kier molecular flexibility index (Phi) is 6.09. The van der Waals surface area contributed by atoms with Crippen molar-refractivity contribution in [2.24, 2.45) is 5.41 Å². The van der Waals surface area contributed by atoms with Crippen LogP contribution >= 0.6 is 15.9 Å². The molecule has 1 N–H and O–H groups in total. The topological polar surface area (TPSA) is 21.3 Å². The minimum Gasteiger partial charge on any atom is -0.492 e. The van der Waals surface area contributed by atoms with E-state index in [4.69, 9.17) is 4.74 Å². The molecule has 2 nitrogen and oxygen atoms in total. The Bertz CT molecular complexity index is 356. The summed E-state index contributed by atoms with van der Waals surface area (Å²) in [6, 6.07) is 4.56. The second-order valence-electron chi connectivity index (χ2n) is 5.51. The van der Waals surface area contributed by atoms with Gasteiger partial charge in [0.15, 0.2) is 0 Å². The molecule has 0 saturated carbocycles. The maximum atomic E-state index is 13.1. The summed E-state index contributed by atoms with van der Waals surface area (Å²) in [4.78, 5) is 0. The van der Waals surface area contributed by atoms with Crippen molar-refractivity contribution < 1.29 is 9.13 Å². The Morgan fingerprint density at radius 3 is 2.56 bits per heavy atom. The molecule has 1 aromatic carbocycles. The summed E-state index contributed by atoms with van der Waals surface area (Å²) in [7, 11) is 0. The van der Waals surface area contributed by atoms with Gasteiger partial charge in [0, 0.05) is 17.1 Å². The third kappa shape index (κ3) is 6.97. The van der Waals surface area contributed by atoms with Gasteiger partial charge in [0.05, 0.1) is 0 Å². The highest BCUT2D eigenvalue weighted by atomic mass is 79.9. The molecule has 0 radical (unpaired) electrons. The maximum absolute atomic E-state index is 13.1. The van der Waals surface area contributed by atoms with E-state index in [1.165, 1.54) is 12.1 Å². The van der Waals surface area contributed by atoms with Crippen LogP contribution in [0.3, 0.4) is 0 Å². The van der Waals surface area contributed by atoms with Gasteiger partial charge in [-0.15, -0.1) is 0 Å². The van der Waals surface area contributed by atoms with E-state index in [-0.39, 0.29) is 5.82 Å². The minimum atomic E-state index is -0.292. The van der Waals surface area contributed by atoms with Gasteiger partial charge in [-0.1, -0.05) is 36.7 Å². The van der Waals surface area contributed by atoms with Gasteiger partial charge in [0.2, 0.25) is 0 Å². The SMILES string of the molecule is CC(C)(C)CCNCCOc1cc(F)cc(Br)c1. The zero-order chi connectivity index (χ0) is 13.6. The number of hydrogen-bond acceptors (Lipinski definition) is 2. The first-order valence-corrected chi connectivity index (χ1v) is 6.96. The Balaban J connectivity index is 2.18. The fourth-order valence-corrected chi connectivity index (χ4v) is 1.89. The molecule has 102 valence electrons. The molecule has 0 aliphatic rings. The summed E-state index contributed by atoms with van der Waals surface area (Å²) < 4.78 is 19.2. The van der Waals surface area contributed by atoms with Crippen LogP contribution in [0.2, 0.25) is 0 Å². The van der Waals surface area contributed by atoms with Gasteiger partial charge in [-0.25, -0.2) is 4.39 Å². The molecule has 0 fully saturated rings. The molecule has 0 amide bonds. The van der Waals surface area contributed by atoms with E-state index in [9.17, 15) is 4.39 Å². The quantitative estimate of drug-likeness (QED) is 0.801. The summed E-state index contributed by atoms with van der Waals surface area (Å²) in [5, 5.41) is 3.31. The van der Waals surface area contributed by atoms with Crippen molar-refractivity contribution in [3.05, 3.63) is 28.5 Å².